The average molecular weight is 457 g/mol. The number of benzene rings is 3. The van der Waals surface area contributed by atoms with Crippen molar-refractivity contribution >= 4 is 17.4 Å². The van der Waals surface area contributed by atoms with Crippen molar-refractivity contribution in [2.45, 2.75) is 31.1 Å². The average Bonchev–Trinajstić information content (AvgIpc) is 3.02. The van der Waals surface area contributed by atoms with Crippen LogP contribution in [0.25, 0.3) is 11.3 Å². The maximum atomic E-state index is 6.38. The number of para-hydroxylation sites is 2. The molecule has 1 aliphatic heterocycles. The van der Waals surface area contributed by atoms with Gasteiger partial charge in [-0.05, 0) is 36.8 Å². The maximum absolute atomic E-state index is 6.38. The topological polar surface area (TPSA) is 69.2 Å². The summed E-state index contributed by atoms with van der Waals surface area (Å²) in [6, 6.07) is 25.6. The van der Waals surface area contributed by atoms with Crippen molar-refractivity contribution in [3.63, 3.8) is 0 Å². The zero-order chi connectivity index (χ0) is 22.5. The highest BCUT2D eigenvalue weighted by molar-refractivity contribution is 7.99. The summed E-state index contributed by atoms with van der Waals surface area (Å²) in [7, 11) is 0. The van der Waals surface area contributed by atoms with Gasteiger partial charge in [-0.25, -0.2) is 0 Å². The number of rotatable bonds is 7. The second kappa shape index (κ2) is 9.92. The van der Waals surface area contributed by atoms with Crippen molar-refractivity contribution in [2.24, 2.45) is 0 Å². The van der Waals surface area contributed by atoms with E-state index in [1.54, 1.807) is 11.8 Å². The summed E-state index contributed by atoms with van der Waals surface area (Å²) >= 11 is 1.60. The van der Waals surface area contributed by atoms with Gasteiger partial charge in [0.1, 0.15) is 11.5 Å². The van der Waals surface area contributed by atoms with Crippen LogP contribution < -0.4 is 14.8 Å². The van der Waals surface area contributed by atoms with Gasteiger partial charge in [0.15, 0.2) is 11.9 Å². The van der Waals surface area contributed by atoms with Gasteiger partial charge in [-0.15, -0.1) is 10.2 Å². The third-order valence-electron chi connectivity index (χ3n) is 5.20. The van der Waals surface area contributed by atoms with E-state index in [0.717, 1.165) is 46.9 Å². The largest absolute Gasteiger partial charge is 0.457 e. The Labute approximate surface area is 197 Å². The normalized spacial score (nSPS) is 14.3. The molecule has 0 bridgehead atoms. The highest BCUT2D eigenvalue weighted by Gasteiger charge is 2.26. The van der Waals surface area contributed by atoms with Crippen LogP contribution in [0.2, 0.25) is 0 Å². The number of nitrogens with one attached hydrogen (secondary N) is 1. The summed E-state index contributed by atoms with van der Waals surface area (Å²) in [5.41, 5.74) is 3.39. The Hall–Kier alpha value is -3.58. The molecule has 1 atom stereocenters. The fourth-order valence-electron chi connectivity index (χ4n) is 3.53. The SMILES string of the molecule is CCCCSc1nnc2c(n1)O[C@H](c1cccc(Oc3ccccc3)c1)Nc1ccccc1-2. The molecule has 6 nitrogen and oxygen atoms in total. The molecule has 0 fully saturated rings. The standard InChI is InChI=1S/C26H24N4O2S/c1-2-3-16-33-26-28-25-23(29-30-26)21-14-7-8-15-22(21)27-24(32-25)18-10-9-13-20(17-18)31-19-11-5-4-6-12-19/h4-15,17,24,27H,2-3,16H2,1H3/t24-/m1/s1. The minimum Gasteiger partial charge on any atom is -0.457 e. The summed E-state index contributed by atoms with van der Waals surface area (Å²) in [6.45, 7) is 2.17. The van der Waals surface area contributed by atoms with E-state index in [0.29, 0.717) is 16.7 Å². The lowest BCUT2D eigenvalue weighted by molar-refractivity contribution is 0.225. The van der Waals surface area contributed by atoms with E-state index < -0.39 is 6.23 Å². The van der Waals surface area contributed by atoms with E-state index in [-0.39, 0.29) is 0 Å². The third kappa shape index (κ3) is 4.93. The zero-order valence-electron chi connectivity index (χ0n) is 18.3. The molecule has 2 heterocycles. The molecule has 0 unspecified atom stereocenters. The fraction of sp³-hybridized carbons (Fsp3) is 0.192. The van der Waals surface area contributed by atoms with Crippen molar-refractivity contribution in [1.82, 2.24) is 15.2 Å². The molecule has 5 rings (SSSR count). The molecule has 4 aromatic rings. The van der Waals surface area contributed by atoms with Crippen LogP contribution in [0.5, 0.6) is 17.4 Å². The van der Waals surface area contributed by atoms with Crippen molar-refractivity contribution < 1.29 is 9.47 Å². The molecule has 0 saturated carbocycles. The van der Waals surface area contributed by atoms with E-state index in [1.807, 2.05) is 78.9 Å². The van der Waals surface area contributed by atoms with Gasteiger partial charge < -0.3 is 14.8 Å². The first-order valence-electron chi connectivity index (χ1n) is 11.0. The summed E-state index contributed by atoms with van der Waals surface area (Å²) in [6.07, 6.45) is 1.77. The number of hydrogen-bond acceptors (Lipinski definition) is 7. The minimum atomic E-state index is -0.461. The predicted octanol–water partition coefficient (Wildman–Crippen LogP) is 6.73. The van der Waals surface area contributed by atoms with Crippen molar-refractivity contribution in [3.05, 3.63) is 84.4 Å². The summed E-state index contributed by atoms with van der Waals surface area (Å²) in [5.74, 6) is 2.94. The van der Waals surface area contributed by atoms with Crippen LogP contribution in [0.4, 0.5) is 5.69 Å². The molecule has 33 heavy (non-hydrogen) atoms. The van der Waals surface area contributed by atoms with Gasteiger partial charge in [-0.1, -0.05) is 73.6 Å². The minimum absolute atomic E-state index is 0.461. The van der Waals surface area contributed by atoms with Gasteiger partial charge in [0.05, 0.1) is 0 Å². The lowest BCUT2D eigenvalue weighted by Gasteiger charge is -2.20. The Bertz CT molecular complexity index is 1240. The fourth-order valence-corrected chi connectivity index (χ4v) is 4.39. The second-order valence-electron chi connectivity index (χ2n) is 7.63. The molecule has 0 amide bonds. The molecule has 0 saturated heterocycles. The number of nitrogens with zero attached hydrogens (tertiary/aromatic N) is 3. The molecule has 0 radical (unpaired) electrons. The molecular formula is C26H24N4O2S. The molecule has 166 valence electrons. The number of hydrogen-bond donors (Lipinski definition) is 1. The Morgan fingerprint density at radius 1 is 0.939 bits per heavy atom. The van der Waals surface area contributed by atoms with Gasteiger partial charge in [0, 0.05) is 22.6 Å². The zero-order valence-corrected chi connectivity index (χ0v) is 19.1. The number of ether oxygens (including phenoxy) is 2. The lowest BCUT2D eigenvalue weighted by atomic mass is 10.1. The Morgan fingerprint density at radius 2 is 1.76 bits per heavy atom. The highest BCUT2D eigenvalue weighted by atomic mass is 32.2. The molecule has 3 aromatic carbocycles. The van der Waals surface area contributed by atoms with Gasteiger partial charge in [0.2, 0.25) is 11.0 Å². The molecule has 0 aliphatic carbocycles. The molecule has 1 N–H and O–H groups in total. The highest BCUT2D eigenvalue weighted by Crippen LogP contribution is 2.40. The first kappa shape index (κ1) is 21.3. The number of anilines is 1. The predicted molar refractivity (Wildman–Crippen MR) is 131 cm³/mol. The first-order chi connectivity index (χ1) is 16.3. The number of aromatic nitrogens is 3. The Balaban J connectivity index is 1.48. The molecule has 7 heteroatoms. The summed E-state index contributed by atoms with van der Waals surface area (Å²) < 4.78 is 12.4. The van der Waals surface area contributed by atoms with E-state index in [4.69, 9.17) is 14.5 Å². The lowest BCUT2D eigenvalue weighted by Crippen LogP contribution is -2.17. The quantitative estimate of drug-likeness (QED) is 0.244. The Morgan fingerprint density at radius 3 is 2.64 bits per heavy atom. The van der Waals surface area contributed by atoms with E-state index in [1.165, 1.54) is 0 Å². The number of thioether (sulfide) groups is 1. The van der Waals surface area contributed by atoms with Crippen molar-refractivity contribution in [1.29, 1.82) is 0 Å². The monoisotopic (exact) mass is 456 g/mol. The van der Waals surface area contributed by atoms with Crippen molar-refractivity contribution in [3.8, 4) is 28.6 Å². The molecule has 0 spiro atoms. The Kier molecular flexibility index (Phi) is 6.39. The third-order valence-corrected chi connectivity index (χ3v) is 6.13. The van der Waals surface area contributed by atoms with Crippen LogP contribution in [-0.4, -0.2) is 20.9 Å². The van der Waals surface area contributed by atoms with Crippen LogP contribution >= 0.6 is 11.8 Å². The number of fused-ring (bicyclic) bond motifs is 3. The van der Waals surface area contributed by atoms with Crippen LogP contribution in [0, 0.1) is 0 Å². The van der Waals surface area contributed by atoms with Gasteiger partial charge in [-0.2, -0.15) is 4.98 Å². The summed E-state index contributed by atoms with van der Waals surface area (Å²) in [5, 5.41) is 12.9. The van der Waals surface area contributed by atoms with E-state index in [9.17, 15) is 0 Å². The van der Waals surface area contributed by atoms with Crippen LogP contribution in [0.3, 0.4) is 0 Å². The van der Waals surface area contributed by atoms with E-state index >= 15 is 0 Å². The van der Waals surface area contributed by atoms with E-state index in [2.05, 4.69) is 22.4 Å². The molecule has 1 aromatic heterocycles. The maximum Gasteiger partial charge on any atom is 0.247 e. The molecule has 1 aliphatic rings. The van der Waals surface area contributed by atoms with Gasteiger partial charge >= 0.3 is 0 Å². The van der Waals surface area contributed by atoms with Crippen LogP contribution in [0.15, 0.2) is 84.0 Å². The second-order valence-corrected chi connectivity index (χ2v) is 8.69. The summed E-state index contributed by atoms with van der Waals surface area (Å²) in [4.78, 5) is 4.71. The van der Waals surface area contributed by atoms with Crippen LogP contribution in [0.1, 0.15) is 31.6 Å². The van der Waals surface area contributed by atoms with Crippen LogP contribution in [-0.2, 0) is 0 Å². The number of unbranched alkanes of at least 4 members (excludes halogenated alkanes) is 1. The smallest absolute Gasteiger partial charge is 0.247 e. The molecular weight excluding hydrogens is 432 g/mol. The van der Waals surface area contributed by atoms with Crippen molar-refractivity contribution in [2.75, 3.05) is 11.1 Å². The van der Waals surface area contributed by atoms with Gasteiger partial charge in [-0.3, -0.25) is 0 Å². The van der Waals surface area contributed by atoms with Gasteiger partial charge in [0.25, 0.3) is 0 Å². The first-order valence-corrected chi connectivity index (χ1v) is 12.0.